The predicted octanol–water partition coefficient (Wildman–Crippen LogP) is 5.00. The summed E-state index contributed by atoms with van der Waals surface area (Å²) in [5.41, 5.74) is 2.90. The molecule has 3 aromatic rings. The number of thiophene rings is 1. The van der Waals surface area contributed by atoms with E-state index >= 15 is 0 Å². The third-order valence-electron chi connectivity index (χ3n) is 6.12. The first-order valence-corrected chi connectivity index (χ1v) is 12.3. The van der Waals surface area contributed by atoms with Gasteiger partial charge in [-0.05, 0) is 75.5 Å². The maximum Gasteiger partial charge on any atom is 0.573 e. The second kappa shape index (κ2) is 10.4. The van der Waals surface area contributed by atoms with Crippen LogP contribution in [-0.4, -0.2) is 60.4 Å². The van der Waals surface area contributed by atoms with Gasteiger partial charge in [-0.15, -0.1) is 24.5 Å². The summed E-state index contributed by atoms with van der Waals surface area (Å²) in [4.78, 5) is 26.4. The Hall–Kier alpha value is -2.92. The molecule has 4 rings (SSSR count). The van der Waals surface area contributed by atoms with Gasteiger partial charge in [0.2, 0.25) is 11.9 Å². The van der Waals surface area contributed by atoms with E-state index in [0.29, 0.717) is 23.7 Å². The molecule has 0 saturated carbocycles. The number of aryl methyl sites for hydroxylation is 2. The zero-order valence-corrected chi connectivity index (χ0v) is 20.7. The van der Waals surface area contributed by atoms with Gasteiger partial charge < -0.3 is 19.9 Å². The van der Waals surface area contributed by atoms with E-state index in [1.165, 1.54) is 6.07 Å². The highest BCUT2D eigenvalue weighted by atomic mass is 32.1. The van der Waals surface area contributed by atoms with Gasteiger partial charge in [-0.3, -0.25) is 4.79 Å². The Labute approximate surface area is 205 Å². The fourth-order valence-corrected chi connectivity index (χ4v) is 5.02. The Balaban J connectivity index is 1.36. The summed E-state index contributed by atoms with van der Waals surface area (Å²) < 4.78 is 40.8. The number of aromatic nitrogens is 2. The monoisotopic (exact) mass is 507 g/mol. The minimum absolute atomic E-state index is 0.136. The molecule has 1 amide bonds. The number of piperidine rings is 1. The van der Waals surface area contributed by atoms with Crippen LogP contribution >= 0.6 is 11.3 Å². The van der Waals surface area contributed by atoms with Crippen LogP contribution in [0, 0.1) is 6.92 Å². The van der Waals surface area contributed by atoms with Crippen molar-refractivity contribution in [3.63, 3.8) is 0 Å². The molecule has 0 spiro atoms. The van der Waals surface area contributed by atoms with Crippen molar-refractivity contribution in [2.24, 2.45) is 0 Å². The Morgan fingerprint density at radius 2 is 1.97 bits per heavy atom. The van der Waals surface area contributed by atoms with Crippen molar-refractivity contribution >= 4 is 39.8 Å². The zero-order chi connectivity index (χ0) is 25.2. The van der Waals surface area contributed by atoms with Gasteiger partial charge in [-0.25, -0.2) is 9.97 Å². The fourth-order valence-electron chi connectivity index (χ4n) is 4.20. The molecule has 0 atom stereocenters. The number of hydrogen-bond acceptors (Lipinski definition) is 7. The maximum absolute atomic E-state index is 12.4. The highest BCUT2D eigenvalue weighted by Gasteiger charge is 2.31. The number of fused-ring (bicyclic) bond motifs is 1. The lowest BCUT2D eigenvalue weighted by Crippen LogP contribution is -2.42. The van der Waals surface area contributed by atoms with Crippen LogP contribution in [0.4, 0.5) is 24.8 Å². The molecule has 0 radical (unpaired) electrons. The highest BCUT2D eigenvalue weighted by molar-refractivity contribution is 7.12. The van der Waals surface area contributed by atoms with Crippen LogP contribution in [0.2, 0.25) is 0 Å². The number of carbonyl (C=O) groups excluding carboxylic acids is 1. The van der Waals surface area contributed by atoms with Crippen molar-refractivity contribution in [3.8, 4) is 5.06 Å². The molecule has 1 aliphatic rings. The molecule has 1 aliphatic heterocycles. The first-order chi connectivity index (χ1) is 16.6. The summed E-state index contributed by atoms with van der Waals surface area (Å²) in [7, 11) is 4.22. The van der Waals surface area contributed by atoms with E-state index in [2.05, 4.69) is 33.9 Å². The van der Waals surface area contributed by atoms with E-state index in [4.69, 9.17) is 9.97 Å². The minimum Gasteiger partial charge on any atom is -0.396 e. The van der Waals surface area contributed by atoms with E-state index in [0.717, 1.165) is 59.8 Å². The van der Waals surface area contributed by atoms with Gasteiger partial charge in [-0.1, -0.05) is 0 Å². The maximum atomic E-state index is 12.4. The Morgan fingerprint density at radius 1 is 1.23 bits per heavy atom. The van der Waals surface area contributed by atoms with Crippen molar-refractivity contribution in [1.82, 2.24) is 14.9 Å². The van der Waals surface area contributed by atoms with Gasteiger partial charge in [0, 0.05) is 36.6 Å². The number of nitrogens with one attached hydrogen (secondary N) is 1. The molecule has 35 heavy (non-hydrogen) atoms. The number of carbonyl (C=O) groups is 1. The molecule has 1 aromatic carbocycles. The van der Waals surface area contributed by atoms with Crippen LogP contribution in [0.15, 0.2) is 29.6 Å². The van der Waals surface area contributed by atoms with Crippen molar-refractivity contribution in [1.29, 1.82) is 0 Å². The van der Waals surface area contributed by atoms with Gasteiger partial charge in [0.25, 0.3) is 0 Å². The van der Waals surface area contributed by atoms with E-state index in [9.17, 15) is 18.0 Å². The van der Waals surface area contributed by atoms with E-state index in [1.807, 2.05) is 19.1 Å². The average molecular weight is 508 g/mol. The lowest BCUT2D eigenvalue weighted by atomic mass is 10.0. The van der Waals surface area contributed by atoms with Gasteiger partial charge in [0.05, 0.1) is 11.2 Å². The van der Waals surface area contributed by atoms with Crippen LogP contribution in [0.3, 0.4) is 0 Å². The van der Waals surface area contributed by atoms with Gasteiger partial charge in [0.1, 0.15) is 0 Å². The van der Waals surface area contributed by atoms with Crippen molar-refractivity contribution in [2.45, 2.75) is 45.0 Å². The first kappa shape index (κ1) is 25.2. The van der Waals surface area contributed by atoms with Crippen LogP contribution in [0.25, 0.3) is 10.9 Å². The van der Waals surface area contributed by atoms with Crippen molar-refractivity contribution in [3.05, 3.63) is 40.9 Å². The number of alkyl halides is 3. The van der Waals surface area contributed by atoms with Crippen LogP contribution in [0.1, 0.15) is 30.5 Å². The molecular formula is C24H28F3N5O2S. The molecule has 1 fully saturated rings. The average Bonchev–Trinajstić information content (AvgIpc) is 3.23. The summed E-state index contributed by atoms with van der Waals surface area (Å²) in [5.74, 6) is 0.501. The molecule has 1 saturated heterocycles. The summed E-state index contributed by atoms with van der Waals surface area (Å²) in [6, 6.07) is 7.41. The number of benzene rings is 1. The smallest absolute Gasteiger partial charge is 0.396 e. The van der Waals surface area contributed by atoms with Crippen LogP contribution in [0.5, 0.6) is 5.06 Å². The minimum atomic E-state index is -4.72. The summed E-state index contributed by atoms with van der Waals surface area (Å²) in [6.45, 7) is 3.76. The van der Waals surface area contributed by atoms with Gasteiger partial charge in [0.15, 0.2) is 5.06 Å². The highest BCUT2D eigenvalue weighted by Crippen LogP contribution is 2.30. The van der Waals surface area contributed by atoms with Crippen LogP contribution < -0.4 is 15.0 Å². The molecule has 188 valence electrons. The number of amides is 1. The van der Waals surface area contributed by atoms with Gasteiger partial charge in [-0.2, -0.15) is 0 Å². The quantitative estimate of drug-likeness (QED) is 0.485. The SMILES string of the molecule is Cc1nc(N2CCC(N(C)C)CC2)nc2ccc(NC(=O)CCc3csc(OC(F)(F)F)c3)cc12. The number of halogens is 3. The fraction of sp³-hybridized carbons (Fsp3) is 0.458. The zero-order valence-electron chi connectivity index (χ0n) is 19.9. The largest absolute Gasteiger partial charge is 0.573 e. The molecule has 7 nitrogen and oxygen atoms in total. The molecule has 11 heteroatoms. The van der Waals surface area contributed by atoms with Gasteiger partial charge >= 0.3 is 6.36 Å². The molecule has 0 aliphatic carbocycles. The lowest BCUT2D eigenvalue weighted by molar-refractivity contribution is -0.273. The number of nitrogens with zero attached hydrogens (tertiary/aromatic N) is 4. The third-order valence-corrected chi connectivity index (χ3v) is 6.98. The summed E-state index contributed by atoms with van der Waals surface area (Å²) in [6.07, 6.45) is -2.13. The first-order valence-electron chi connectivity index (χ1n) is 11.4. The van der Waals surface area contributed by atoms with E-state index in [1.54, 1.807) is 11.4 Å². The normalized spacial score (nSPS) is 15.1. The van der Waals surface area contributed by atoms with Crippen molar-refractivity contribution in [2.75, 3.05) is 37.4 Å². The second-order valence-electron chi connectivity index (χ2n) is 8.89. The van der Waals surface area contributed by atoms with E-state index < -0.39 is 6.36 Å². The van der Waals surface area contributed by atoms with Crippen molar-refractivity contribution < 1.29 is 22.7 Å². The number of hydrogen-bond donors (Lipinski definition) is 1. The summed E-state index contributed by atoms with van der Waals surface area (Å²) >= 11 is 0.854. The molecule has 2 aromatic heterocycles. The Kier molecular flexibility index (Phi) is 7.46. The third kappa shape index (κ3) is 6.61. The molecule has 3 heterocycles. The number of rotatable bonds is 7. The molecular weight excluding hydrogens is 479 g/mol. The number of ether oxygens (including phenoxy) is 1. The second-order valence-corrected chi connectivity index (χ2v) is 9.77. The Bertz CT molecular complexity index is 1190. The van der Waals surface area contributed by atoms with Crippen LogP contribution in [-0.2, 0) is 11.2 Å². The standard InChI is InChI=1S/C24H28F3N5O2S/c1-15-19-13-17(29-21(33)7-4-16-12-22(35-14-16)34-24(25,26)27)5-6-20(19)30-23(28-15)32-10-8-18(9-11-32)31(2)3/h5-6,12-14,18H,4,7-11H2,1-3H3,(H,29,33). The number of anilines is 2. The Morgan fingerprint density at radius 3 is 2.66 bits per heavy atom. The lowest BCUT2D eigenvalue weighted by Gasteiger charge is -2.35. The molecule has 0 unspecified atom stereocenters. The van der Waals surface area contributed by atoms with E-state index in [-0.39, 0.29) is 17.4 Å². The summed E-state index contributed by atoms with van der Waals surface area (Å²) in [5, 5.41) is 5.04. The topological polar surface area (TPSA) is 70.6 Å². The molecule has 0 bridgehead atoms. The molecule has 1 N–H and O–H groups in total. The predicted molar refractivity (Wildman–Crippen MR) is 131 cm³/mol.